The van der Waals surface area contributed by atoms with Gasteiger partial charge in [-0.15, -0.1) is 0 Å². The number of hydrogen-bond donors (Lipinski definition) is 0. The van der Waals surface area contributed by atoms with E-state index in [1.54, 1.807) is 35.2 Å². The number of nitro benzene ring substituents is 1. The first kappa shape index (κ1) is 20.1. The van der Waals surface area contributed by atoms with Crippen LogP contribution in [0.5, 0.6) is 5.75 Å². The monoisotopic (exact) mass is 412 g/mol. The molecule has 1 aliphatic heterocycles. The lowest BCUT2D eigenvalue weighted by Gasteiger charge is -2.32. The van der Waals surface area contributed by atoms with Gasteiger partial charge in [-0.05, 0) is 30.2 Å². The number of non-ortho nitro benzene ring substituents is 1. The minimum atomic E-state index is -0.538. The van der Waals surface area contributed by atoms with Crippen molar-refractivity contribution in [2.24, 2.45) is 0 Å². The van der Waals surface area contributed by atoms with Gasteiger partial charge in [0, 0.05) is 17.7 Å². The summed E-state index contributed by atoms with van der Waals surface area (Å²) in [6.07, 6.45) is 7.71. The maximum absolute atomic E-state index is 13.1. The van der Waals surface area contributed by atoms with Crippen molar-refractivity contribution in [1.82, 2.24) is 0 Å². The van der Waals surface area contributed by atoms with Gasteiger partial charge in [0.25, 0.3) is 5.69 Å². The van der Waals surface area contributed by atoms with Crippen molar-refractivity contribution in [3.63, 3.8) is 0 Å². The summed E-state index contributed by atoms with van der Waals surface area (Å²) < 4.78 is 5.58. The Labute approximate surface area is 179 Å². The highest BCUT2D eigenvalue weighted by Gasteiger charge is 2.30. The fourth-order valence-electron chi connectivity index (χ4n) is 3.45. The summed E-state index contributed by atoms with van der Waals surface area (Å²) in [4.78, 5) is 25.3. The second-order valence-electron chi connectivity index (χ2n) is 7.03. The number of para-hydroxylation sites is 1. The highest BCUT2D eigenvalue weighted by Crippen LogP contribution is 2.34. The predicted octanol–water partition coefficient (Wildman–Crippen LogP) is 6.10. The molecule has 31 heavy (non-hydrogen) atoms. The van der Waals surface area contributed by atoms with Gasteiger partial charge in [0.2, 0.25) is 0 Å². The molecule has 0 saturated carbocycles. The van der Waals surface area contributed by atoms with Crippen molar-refractivity contribution in [2.45, 2.75) is 12.5 Å². The van der Waals surface area contributed by atoms with Crippen LogP contribution >= 0.6 is 0 Å². The zero-order valence-corrected chi connectivity index (χ0v) is 16.6. The van der Waals surface area contributed by atoms with E-state index in [0.717, 1.165) is 5.56 Å². The largest absolute Gasteiger partial charge is 0.420 e. The lowest BCUT2D eigenvalue weighted by Crippen LogP contribution is -2.42. The average molecular weight is 412 g/mol. The first-order valence-electron chi connectivity index (χ1n) is 9.86. The Morgan fingerprint density at radius 3 is 2.45 bits per heavy atom. The summed E-state index contributed by atoms with van der Waals surface area (Å²) in [5.41, 5.74) is 2.22. The third-order valence-electron chi connectivity index (χ3n) is 4.94. The quantitative estimate of drug-likeness (QED) is 0.375. The van der Waals surface area contributed by atoms with Gasteiger partial charge in [0.15, 0.2) is 0 Å². The molecular formula is C25H20N2O4. The maximum atomic E-state index is 13.1. The number of hydrogen-bond acceptors (Lipinski definition) is 4. The first-order valence-corrected chi connectivity index (χ1v) is 9.86. The first-order chi connectivity index (χ1) is 15.1. The standard InChI is InChI=1S/C25H20N2O4/c28-25(31-23-12-5-2-6-13-23)26-21(11-7-10-19-8-3-1-4-9-19)15-14-20-18-22(27(29)30)16-17-24(20)26/h1-10,12-18,21H,11H2/b10-7+/t21-/m0/s1. The molecule has 0 N–H and O–H groups in total. The van der Waals surface area contributed by atoms with Crippen LogP contribution in [0.3, 0.4) is 0 Å². The number of fused-ring (bicyclic) bond motifs is 1. The topological polar surface area (TPSA) is 72.7 Å². The smallest absolute Gasteiger partial charge is 0.410 e. The molecule has 0 bridgehead atoms. The number of rotatable bonds is 5. The SMILES string of the molecule is O=C(Oc1ccccc1)N1c2ccc([N+](=O)[O-])cc2C=C[C@@H]1C/C=C/c1ccccc1. The van der Waals surface area contributed by atoms with E-state index in [4.69, 9.17) is 4.74 Å². The van der Waals surface area contributed by atoms with Gasteiger partial charge < -0.3 is 4.74 Å². The molecule has 1 amide bonds. The second kappa shape index (κ2) is 9.09. The lowest BCUT2D eigenvalue weighted by molar-refractivity contribution is -0.384. The molecule has 0 unspecified atom stereocenters. The number of benzene rings is 3. The Bertz CT molecular complexity index is 1140. The molecule has 0 saturated heterocycles. The van der Waals surface area contributed by atoms with Crippen LogP contribution in [0.4, 0.5) is 16.2 Å². The van der Waals surface area contributed by atoms with Crippen molar-refractivity contribution in [3.8, 4) is 5.75 Å². The van der Waals surface area contributed by atoms with Crippen molar-refractivity contribution in [1.29, 1.82) is 0 Å². The van der Waals surface area contributed by atoms with Gasteiger partial charge in [-0.2, -0.15) is 0 Å². The molecule has 0 spiro atoms. The van der Waals surface area contributed by atoms with E-state index >= 15 is 0 Å². The van der Waals surface area contributed by atoms with Crippen LogP contribution < -0.4 is 9.64 Å². The Hall–Kier alpha value is -4.19. The number of anilines is 1. The van der Waals surface area contributed by atoms with Crippen molar-refractivity contribution < 1.29 is 14.5 Å². The van der Waals surface area contributed by atoms with Crippen LogP contribution in [0.1, 0.15) is 17.5 Å². The Balaban J connectivity index is 1.62. The van der Waals surface area contributed by atoms with Crippen LogP contribution in [0.25, 0.3) is 12.2 Å². The maximum Gasteiger partial charge on any atom is 0.420 e. The van der Waals surface area contributed by atoms with Gasteiger partial charge in [-0.1, -0.05) is 72.8 Å². The van der Waals surface area contributed by atoms with Gasteiger partial charge in [-0.25, -0.2) is 4.79 Å². The van der Waals surface area contributed by atoms with E-state index in [2.05, 4.69) is 0 Å². The summed E-state index contributed by atoms with van der Waals surface area (Å²) in [5.74, 6) is 0.434. The number of nitro groups is 1. The third-order valence-corrected chi connectivity index (χ3v) is 4.94. The van der Waals surface area contributed by atoms with Crippen LogP contribution in [-0.2, 0) is 0 Å². The van der Waals surface area contributed by atoms with E-state index in [9.17, 15) is 14.9 Å². The summed E-state index contributed by atoms with van der Waals surface area (Å²) in [7, 11) is 0. The van der Waals surface area contributed by atoms with Crippen molar-refractivity contribution >= 4 is 29.6 Å². The van der Waals surface area contributed by atoms with E-state index in [1.165, 1.54) is 12.1 Å². The fourth-order valence-corrected chi connectivity index (χ4v) is 3.45. The van der Waals surface area contributed by atoms with E-state index in [0.29, 0.717) is 23.4 Å². The van der Waals surface area contributed by atoms with Crippen LogP contribution in [0, 0.1) is 10.1 Å². The molecule has 6 heteroatoms. The number of ether oxygens (including phenoxy) is 1. The van der Waals surface area contributed by atoms with E-state index in [-0.39, 0.29) is 11.7 Å². The number of amides is 1. The average Bonchev–Trinajstić information content (AvgIpc) is 2.79. The molecule has 3 aromatic rings. The molecular weight excluding hydrogens is 392 g/mol. The molecule has 0 radical (unpaired) electrons. The molecule has 154 valence electrons. The Morgan fingerprint density at radius 1 is 1.03 bits per heavy atom. The molecule has 1 heterocycles. The lowest BCUT2D eigenvalue weighted by atomic mass is 10.00. The predicted molar refractivity (Wildman–Crippen MR) is 121 cm³/mol. The molecule has 6 nitrogen and oxygen atoms in total. The van der Waals surface area contributed by atoms with Crippen molar-refractivity contribution in [2.75, 3.05) is 4.90 Å². The van der Waals surface area contributed by atoms with Gasteiger partial charge in [0.1, 0.15) is 5.75 Å². The minimum Gasteiger partial charge on any atom is -0.410 e. The molecule has 0 aromatic heterocycles. The van der Waals surface area contributed by atoms with Crippen LogP contribution in [-0.4, -0.2) is 17.1 Å². The molecule has 3 aromatic carbocycles. The van der Waals surface area contributed by atoms with Gasteiger partial charge in [-0.3, -0.25) is 15.0 Å². The summed E-state index contributed by atoms with van der Waals surface area (Å²) in [5, 5.41) is 11.2. The molecule has 1 atom stereocenters. The fraction of sp³-hybridized carbons (Fsp3) is 0.0800. The number of carbonyl (C=O) groups is 1. The third kappa shape index (κ3) is 4.70. The zero-order chi connectivity index (χ0) is 21.6. The van der Waals surface area contributed by atoms with Gasteiger partial charge in [0.05, 0.1) is 16.7 Å². The molecule has 4 rings (SSSR count). The summed E-state index contributed by atoms with van der Waals surface area (Å²) >= 11 is 0. The van der Waals surface area contributed by atoms with Crippen LogP contribution in [0.15, 0.2) is 91.0 Å². The molecule has 1 aliphatic rings. The number of carbonyl (C=O) groups excluding carboxylic acids is 1. The second-order valence-corrected chi connectivity index (χ2v) is 7.03. The normalized spacial score (nSPS) is 15.0. The molecule has 0 aliphatic carbocycles. The highest BCUT2D eigenvalue weighted by molar-refractivity contribution is 5.95. The highest BCUT2D eigenvalue weighted by atomic mass is 16.6. The Morgan fingerprint density at radius 2 is 1.74 bits per heavy atom. The van der Waals surface area contributed by atoms with Gasteiger partial charge >= 0.3 is 6.09 Å². The van der Waals surface area contributed by atoms with E-state index < -0.39 is 11.0 Å². The minimum absolute atomic E-state index is 0.0257. The van der Waals surface area contributed by atoms with Crippen molar-refractivity contribution in [3.05, 3.63) is 112 Å². The number of nitrogens with zero attached hydrogens (tertiary/aromatic N) is 2. The zero-order valence-electron chi connectivity index (χ0n) is 16.6. The summed E-state index contributed by atoms with van der Waals surface area (Å²) in [6, 6.07) is 22.9. The Kier molecular flexibility index (Phi) is 5.89. The summed E-state index contributed by atoms with van der Waals surface area (Å²) in [6.45, 7) is 0. The van der Waals surface area contributed by atoms with E-state index in [1.807, 2.05) is 60.7 Å². The van der Waals surface area contributed by atoms with Crippen LogP contribution in [0.2, 0.25) is 0 Å². The molecule has 0 fully saturated rings.